The first-order chi connectivity index (χ1) is 8.67. The topological polar surface area (TPSA) is 59.0 Å². The van der Waals surface area contributed by atoms with Gasteiger partial charge in [-0.15, -0.1) is 23.2 Å². The minimum atomic E-state index is -0.176. The number of hydroxylamine groups is 2. The largest absolute Gasteiger partial charge is 0.733 e. The molecule has 0 radical (unpaired) electrons. The summed E-state index contributed by atoms with van der Waals surface area (Å²) < 4.78 is 0. The maximum absolute atomic E-state index is 10.6. The van der Waals surface area contributed by atoms with Crippen molar-refractivity contribution in [2.24, 2.45) is 0 Å². The van der Waals surface area contributed by atoms with Gasteiger partial charge in [0.2, 0.25) is 0 Å². The highest BCUT2D eigenvalue weighted by Gasteiger charge is 2.06. The Labute approximate surface area is 116 Å². The monoisotopic (exact) mass is 293 g/mol. The minimum Gasteiger partial charge on any atom is -0.733 e. The maximum Gasteiger partial charge on any atom is 0.0820 e. The fourth-order valence-electron chi connectivity index (χ4n) is 1.38. The molecule has 1 rings (SSSR count). The van der Waals surface area contributed by atoms with Crippen LogP contribution in [0.25, 0.3) is 0 Å². The van der Waals surface area contributed by atoms with Crippen LogP contribution in [0.1, 0.15) is 5.56 Å². The van der Waals surface area contributed by atoms with Crippen molar-refractivity contribution in [3.8, 4) is 0 Å². The second-order valence-electron chi connectivity index (χ2n) is 3.51. The Bertz CT molecular complexity index is 336. The van der Waals surface area contributed by atoms with E-state index in [0.717, 1.165) is 5.56 Å². The Kier molecular flexibility index (Phi) is 7.34. The lowest BCUT2D eigenvalue weighted by Gasteiger charge is -2.23. The van der Waals surface area contributed by atoms with Crippen LogP contribution < -0.4 is 5.23 Å². The quantitative estimate of drug-likeness (QED) is 0.590. The van der Waals surface area contributed by atoms with Gasteiger partial charge in [0, 0.05) is 24.8 Å². The van der Waals surface area contributed by atoms with Crippen molar-refractivity contribution in [3.63, 3.8) is 0 Å². The van der Waals surface area contributed by atoms with Gasteiger partial charge in [-0.1, -0.05) is 12.1 Å². The van der Waals surface area contributed by atoms with Crippen molar-refractivity contribution in [2.75, 3.05) is 30.1 Å². The molecule has 0 atom stereocenters. The highest BCUT2D eigenvalue weighted by atomic mass is 35.5. The summed E-state index contributed by atoms with van der Waals surface area (Å²) in [7, 11) is 0. The number of hydrogen-bond donors (Lipinski definition) is 1. The molecular weight excluding hydrogens is 279 g/mol. The molecule has 102 valence electrons. The van der Waals surface area contributed by atoms with Gasteiger partial charge in [0.25, 0.3) is 0 Å². The van der Waals surface area contributed by atoms with Gasteiger partial charge >= 0.3 is 0 Å². The van der Waals surface area contributed by atoms with Crippen LogP contribution in [0.5, 0.6) is 0 Å². The van der Waals surface area contributed by atoms with Gasteiger partial charge in [-0.2, -0.15) is 5.06 Å². The number of alkyl halides is 2. The molecule has 0 aliphatic rings. The Morgan fingerprint density at radius 1 is 1.17 bits per heavy atom. The molecule has 5 nitrogen and oxygen atoms in total. The van der Waals surface area contributed by atoms with Crippen LogP contribution in [-0.2, 0) is 11.4 Å². The molecule has 0 aliphatic carbocycles. The predicted octanol–water partition coefficient (Wildman–Crippen LogP) is 2.59. The molecule has 18 heavy (non-hydrogen) atoms. The lowest BCUT2D eigenvalue weighted by atomic mass is 10.2. The Hall–Kier alpha value is -0.560. The van der Waals surface area contributed by atoms with E-state index < -0.39 is 0 Å². The lowest BCUT2D eigenvalue weighted by Crippen LogP contribution is -2.26. The number of hydrogen-bond acceptors (Lipinski definition) is 5. The van der Waals surface area contributed by atoms with Crippen LogP contribution in [0.2, 0.25) is 0 Å². The molecule has 0 amide bonds. The fourth-order valence-corrected chi connectivity index (χ4v) is 1.64. The van der Waals surface area contributed by atoms with Crippen LogP contribution >= 0.6 is 23.2 Å². The fraction of sp³-hybridized carbons (Fsp3) is 0.455. The van der Waals surface area contributed by atoms with Crippen LogP contribution in [0.4, 0.5) is 5.69 Å². The Morgan fingerprint density at radius 3 is 2.33 bits per heavy atom. The summed E-state index contributed by atoms with van der Waals surface area (Å²) in [5, 5.41) is 20.9. The second-order valence-corrected chi connectivity index (χ2v) is 4.27. The first-order valence-corrected chi connectivity index (χ1v) is 6.49. The Morgan fingerprint density at radius 2 is 1.83 bits per heavy atom. The van der Waals surface area contributed by atoms with Gasteiger partial charge in [0.15, 0.2) is 0 Å². The molecule has 0 saturated carbocycles. The smallest absolute Gasteiger partial charge is 0.0820 e. The van der Waals surface area contributed by atoms with E-state index in [1.54, 1.807) is 17.2 Å². The van der Waals surface area contributed by atoms with Crippen molar-refractivity contribution in [1.29, 1.82) is 0 Å². The second kappa shape index (κ2) is 8.53. The zero-order chi connectivity index (χ0) is 13.4. The normalized spacial score (nSPS) is 10.9. The summed E-state index contributed by atoms with van der Waals surface area (Å²) in [6.45, 7) is 1.53. The third-order valence-corrected chi connectivity index (χ3v) is 2.52. The van der Waals surface area contributed by atoms with Crippen LogP contribution in [0.15, 0.2) is 24.3 Å². The van der Waals surface area contributed by atoms with Gasteiger partial charge in [0.05, 0.1) is 12.3 Å². The average Bonchev–Trinajstić information content (AvgIpc) is 2.37. The predicted molar refractivity (Wildman–Crippen MR) is 71.9 cm³/mol. The van der Waals surface area contributed by atoms with Gasteiger partial charge in [-0.25, -0.2) is 0 Å². The molecule has 0 aliphatic heterocycles. The summed E-state index contributed by atoms with van der Waals surface area (Å²) in [4.78, 5) is 5.41. The summed E-state index contributed by atoms with van der Waals surface area (Å²) in [6, 6.07) is 6.54. The molecule has 0 aromatic heterocycles. The lowest BCUT2D eigenvalue weighted by molar-refractivity contribution is -0.157. The van der Waals surface area contributed by atoms with E-state index in [2.05, 4.69) is 0 Å². The summed E-state index contributed by atoms with van der Waals surface area (Å²) >= 11 is 11.2. The van der Waals surface area contributed by atoms with Gasteiger partial charge < -0.3 is 10.4 Å². The first-order valence-electron chi connectivity index (χ1n) is 5.42. The van der Waals surface area contributed by atoms with Crippen molar-refractivity contribution in [3.05, 3.63) is 35.0 Å². The van der Waals surface area contributed by atoms with Crippen molar-refractivity contribution in [1.82, 2.24) is 5.06 Å². The van der Waals surface area contributed by atoms with Crippen LogP contribution in [0.3, 0.4) is 0 Å². The highest BCUT2D eigenvalue weighted by Crippen LogP contribution is 2.14. The Balaban J connectivity index is 2.56. The molecule has 0 bridgehead atoms. The van der Waals surface area contributed by atoms with Crippen molar-refractivity contribution >= 4 is 28.9 Å². The van der Waals surface area contributed by atoms with E-state index >= 15 is 0 Å². The molecule has 0 unspecified atom stereocenters. The number of nitrogens with zero attached hydrogens (tertiary/aromatic N) is 2. The van der Waals surface area contributed by atoms with E-state index in [-0.39, 0.29) is 10.9 Å². The van der Waals surface area contributed by atoms with Crippen LogP contribution in [0, 0.1) is 5.21 Å². The summed E-state index contributed by atoms with van der Waals surface area (Å²) in [5.74, 6) is 0.860. The third kappa shape index (κ3) is 5.39. The standard InChI is InChI=1S/C11H15Cl2N2O3/c12-5-7-14(18-8-6-13)9-10-1-3-11(4-2-10)15(16)17/h1-4,16H,5-9H2/q-1. The molecule has 0 fully saturated rings. The minimum absolute atomic E-state index is 0.176. The maximum atomic E-state index is 10.6. The van der Waals surface area contributed by atoms with Gasteiger partial charge in [0.1, 0.15) is 0 Å². The number of benzene rings is 1. The summed E-state index contributed by atoms with van der Waals surface area (Å²) in [6.07, 6.45) is 0. The number of halogens is 2. The van der Waals surface area contributed by atoms with Crippen molar-refractivity contribution < 1.29 is 10.0 Å². The van der Waals surface area contributed by atoms with E-state index in [4.69, 9.17) is 33.2 Å². The zero-order valence-electron chi connectivity index (χ0n) is 9.76. The average molecular weight is 294 g/mol. The molecule has 0 spiro atoms. The van der Waals surface area contributed by atoms with E-state index in [9.17, 15) is 5.21 Å². The molecule has 1 aromatic rings. The number of rotatable bonds is 8. The van der Waals surface area contributed by atoms with Gasteiger partial charge in [-0.05, 0) is 17.7 Å². The first kappa shape index (κ1) is 15.5. The SMILES string of the molecule is [O-]N(O)c1ccc(CN(CCCl)OCCCl)cc1. The van der Waals surface area contributed by atoms with E-state index in [0.29, 0.717) is 31.5 Å². The van der Waals surface area contributed by atoms with E-state index in [1.165, 1.54) is 12.1 Å². The van der Waals surface area contributed by atoms with E-state index in [1.807, 2.05) is 0 Å². The molecule has 0 heterocycles. The molecule has 1 N–H and O–H groups in total. The third-order valence-electron chi connectivity index (χ3n) is 2.20. The van der Waals surface area contributed by atoms with Crippen LogP contribution in [-0.4, -0.2) is 35.2 Å². The van der Waals surface area contributed by atoms with Crippen molar-refractivity contribution in [2.45, 2.75) is 6.54 Å². The van der Waals surface area contributed by atoms with Gasteiger partial charge in [-0.3, -0.25) is 10.0 Å². The molecule has 0 saturated heterocycles. The molecule has 1 aromatic carbocycles. The molecule has 7 heteroatoms. The number of anilines is 1. The highest BCUT2D eigenvalue weighted by molar-refractivity contribution is 6.18. The summed E-state index contributed by atoms with van der Waals surface area (Å²) in [5.41, 5.74) is 1.13. The zero-order valence-corrected chi connectivity index (χ0v) is 11.3. The molecular formula is C11H15Cl2N2O3-.